The van der Waals surface area contributed by atoms with Crippen LogP contribution < -0.4 is 0 Å². The first-order valence-corrected chi connectivity index (χ1v) is 11.5. The maximum absolute atomic E-state index is 13.8. The van der Waals surface area contributed by atoms with E-state index in [0.29, 0.717) is 23.8 Å². The fourth-order valence-corrected chi connectivity index (χ4v) is 6.08. The monoisotopic (exact) mass is 424 g/mol. The minimum absolute atomic E-state index is 0.0779. The van der Waals surface area contributed by atoms with Crippen LogP contribution in [0.25, 0.3) is 11.3 Å². The van der Waals surface area contributed by atoms with Gasteiger partial charge in [-0.25, -0.2) is 0 Å². The molecule has 0 spiro atoms. The smallest absolute Gasteiger partial charge is 0.257 e. The summed E-state index contributed by atoms with van der Waals surface area (Å²) < 4.78 is 11.9. The van der Waals surface area contributed by atoms with E-state index in [2.05, 4.69) is 32.6 Å². The zero-order valence-electron chi connectivity index (χ0n) is 19.6. The van der Waals surface area contributed by atoms with E-state index in [4.69, 9.17) is 9.15 Å². The van der Waals surface area contributed by atoms with Gasteiger partial charge in [-0.3, -0.25) is 9.69 Å². The summed E-state index contributed by atoms with van der Waals surface area (Å²) in [6, 6.07) is 12.0. The quantitative estimate of drug-likeness (QED) is 0.603. The Morgan fingerprint density at radius 3 is 2.55 bits per heavy atom. The standard InChI is InChI=1S/C26H36N2O3/c1-6-27(7-2)14-20-13-21(23(31-20)19-11-9-8-10-12-19)24(29)28-15-22-25(3,4)16-26(22,17-28)18-30-5/h8-13,22H,6-7,14-18H2,1-5H3/t22-,26-/m1/s1. The second-order valence-corrected chi connectivity index (χ2v) is 9.98. The number of hydrogen-bond acceptors (Lipinski definition) is 4. The van der Waals surface area contributed by atoms with Gasteiger partial charge in [-0.05, 0) is 36.9 Å². The molecule has 1 saturated carbocycles. The number of nitrogens with zero attached hydrogens (tertiary/aromatic N) is 2. The summed E-state index contributed by atoms with van der Waals surface area (Å²) in [7, 11) is 1.77. The van der Waals surface area contributed by atoms with Crippen molar-refractivity contribution in [3.05, 3.63) is 47.7 Å². The Bertz CT molecular complexity index is 916. The van der Waals surface area contributed by atoms with Gasteiger partial charge in [0.25, 0.3) is 5.91 Å². The van der Waals surface area contributed by atoms with Gasteiger partial charge in [0.15, 0.2) is 0 Å². The topological polar surface area (TPSA) is 45.9 Å². The molecule has 0 bridgehead atoms. The first-order valence-electron chi connectivity index (χ1n) is 11.5. The maximum Gasteiger partial charge on any atom is 0.257 e. The second-order valence-electron chi connectivity index (χ2n) is 9.98. The summed E-state index contributed by atoms with van der Waals surface area (Å²) in [4.78, 5) is 18.1. The van der Waals surface area contributed by atoms with E-state index in [-0.39, 0.29) is 16.7 Å². The molecule has 2 aromatic rings. The zero-order chi connectivity index (χ0) is 22.2. The number of methoxy groups -OCH3 is 1. The van der Waals surface area contributed by atoms with Crippen LogP contribution in [0.5, 0.6) is 0 Å². The van der Waals surface area contributed by atoms with Crippen LogP contribution in [-0.2, 0) is 11.3 Å². The molecule has 5 heteroatoms. The average Bonchev–Trinajstić information content (AvgIpc) is 3.32. The lowest BCUT2D eigenvalue weighted by molar-refractivity contribution is -0.107. The van der Waals surface area contributed by atoms with Gasteiger partial charge in [0.05, 0.1) is 18.7 Å². The van der Waals surface area contributed by atoms with Crippen molar-refractivity contribution in [1.82, 2.24) is 9.80 Å². The minimum Gasteiger partial charge on any atom is -0.459 e. The molecule has 1 saturated heterocycles. The van der Waals surface area contributed by atoms with Crippen molar-refractivity contribution in [3.63, 3.8) is 0 Å². The predicted octanol–water partition coefficient (Wildman–Crippen LogP) is 4.92. The number of furan rings is 1. The van der Waals surface area contributed by atoms with Crippen LogP contribution in [0.15, 0.2) is 40.8 Å². The fourth-order valence-electron chi connectivity index (χ4n) is 6.08. The molecule has 31 heavy (non-hydrogen) atoms. The molecule has 1 aliphatic carbocycles. The van der Waals surface area contributed by atoms with Gasteiger partial charge in [0.1, 0.15) is 11.5 Å². The van der Waals surface area contributed by atoms with Crippen LogP contribution in [0.3, 0.4) is 0 Å². The van der Waals surface area contributed by atoms with Crippen LogP contribution in [0.2, 0.25) is 0 Å². The Hall–Kier alpha value is -2.11. The number of hydrogen-bond donors (Lipinski definition) is 0. The fraction of sp³-hybridized carbons (Fsp3) is 0.577. The number of carbonyl (C=O) groups excluding carboxylic acids is 1. The highest BCUT2D eigenvalue weighted by Crippen LogP contribution is 2.62. The normalized spacial score (nSPS) is 24.3. The molecule has 2 fully saturated rings. The summed E-state index contributed by atoms with van der Waals surface area (Å²) in [5, 5.41) is 0. The molecule has 2 heterocycles. The number of amides is 1. The molecule has 0 N–H and O–H groups in total. The molecule has 1 aromatic heterocycles. The molecule has 5 nitrogen and oxygen atoms in total. The van der Waals surface area contributed by atoms with Crippen molar-refractivity contribution in [3.8, 4) is 11.3 Å². The lowest BCUT2D eigenvalue weighted by Gasteiger charge is -2.56. The van der Waals surface area contributed by atoms with Crippen LogP contribution in [0, 0.1) is 16.7 Å². The van der Waals surface area contributed by atoms with E-state index >= 15 is 0 Å². The van der Waals surface area contributed by atoms with E-state index in [9.17, 15) is 4.79 Å². The molecule has 0 radical (unpaired) electrons. The van der Waals surface area contributed by atoms with E-state index in [0.717, 1.165) is 50.5 Å². The van der Waals surface area contributed by atoms with E-state index in [1.807, 2.05) is 41.3 Å². The van der Waals surface area contributed by atoms with E-state index in [1.54, 1.807) is 7.11 Å². The Morgan fingerprint density at radius 1 is 1.23 bits per heavy atom. The van der Waals surface area contributed by atoms with E-state index < -0.39 is 0 Å². The third kappa shape index (κ3) is 3.94. The molecule has 2 atom stereocenters. The van der Waals surface area contributed by atoms with Gasteiger partial charge < -0.3 is 14.1 Å². The lowest BCUT2D eigenvalue weighted by atomic mass is 9.48. The van der Waals surface area contributed by atoms with Crippen LogP contribution in [0.1, 0.15) is 50.2 Å². The highest BCUT2D eigenvalue weighted by Gasteiger charge is 2.63. The van der Waals surface area contributed by atoms with Crippen LogP contribution >= 0.6 is 0 Å². The third-order valence-corrected chi connectivity index (χ3v) is 7.44. The Kier molecular flexibility index (Phi) is 6.01. The molecule has 1 aromatic carbocycles. The van der Waals surface area contributed by atoms with Crippen LogP contribution in [-0.4, -0.2) is 55.6 Å². The number of carbonyl (C=O) groups is 1. The molecular weight excluding hydrogens is 388 g/mol. The molecule has 1 amide bonds. The van der Waals surface area contributed by atoms with E-state index in [1.165, 1.54) is 0 Å². The summed E-state index contributed by atoms with van der Waals surface area (Å²) in [5.74, 6) is 2.09. The molecule has 2 aliphatic rings. The molecule has 1 aliphatic heterocycles. The van der Waals surface area contributed by atoms with Gasteiger partial charge in [-0.15, -0.1) is 0 Å². The lowest BCUT2D eigenvalue weighted by Crippen LogP contribution is -2.55. The summed E-state index contributed by atoms with van der Waals surface area (Å²) in [6.45, 7) is 13.8. The summed E-state index contributed by atoms with van der Waals surface area (Å²) >= 11 is 0. The molecule has 4 rings (SSSR count). The number of benzene rings is 1. The van der Waals surface area contributed by atoms with Gasteiger partial charge in [0, 0.05) is 31.2 Å². The summed E-state index contributed by atoms with van der Waals surface area (Å²) in [5.41, 5.74) is 1.97. The van der Waals surface area contributed by atoms with Gasteiger partial charge in [-0.1, -0.05) is 58.0 Å². The number of fused-ring (bicyclic) bond motifs is 1. The molecule has 168 valence electrons. The maximum atomic E-state index is 13.8. The van der Waals surface area contributed by atoms with Crippen molar-refractivity contribution < 1.29 is 13.9 Å². The first-order chi connectivity index (χ1) is 14.8. The highest BCUT2D eigenvalue weighted by atomic mass is 16.5. The minimum atomic E-state index is 0.0779. The third-order valence-electron chi connectivity index (χ3n) is 7.44. The molecule has 0 unspecified atom stereocenters. The average molecular weight is 425 g/mol. The number of ether oxygens (including phenoxy) is 1. The summed E-state index contributed by atoms with van der Waals surface area (Å²) in [6.07, 6.45) is 1.10. The SMILES string of the molecule is CCN(CC)Cc1cc(C(=O)N2C[C@@H]3C(C)(C)C[C@]3(COC)C2)c(-c2ccccc2)o1. The van der Waals surface area contributed by atoms with Crippen molar-refractivity contribution >= 4 is 5.91 Å². The Morgan fingerprint density at radius 2 is 1.94 bits per heavy atom. The van der Waals surface area contributed by atoms with Gasteiger partial charge in [0.2, 0.25) is 0 Å². The second kappa shape index (κ2) is 8.44. The van der Waals surface area contributed by atoms with Crippen molar-refractivity contribution in [2.24, 2.45) is 16.7 Å². The largest absolute Gasteiger partial charge is 0.459 e. The first kappa shape index (κ1) is 22.1. The predicted molar refractivity (Wildman–Crippen MR) is 123 cm³/mol. The van der Waals surface area contributed by atoms with Crippen molar-refractivity contribution in [1.29, 1.82) is 0 Å². The van der Waals surface area contributed by atoms with Crippen LogP contribution in [0.4, 0.5) is 0 Å². The highest BCUT2D eigenvalue weighted by molar-refractivity contribution is 6.00. The Labute approximate surface area is 186 Å². The number of rotatable bonds is 8. The molecular formula is C26H36N2O3. The van der Waals surface area contributed by atoms with Crippen molar-refractivity contribution in [2.45, 2.75) is 40.7 Å². The Balaban J connectivity index is 1.65. The van der Waals surface area contributed by atoms with Gasteiger partial charge >= 0.3 is 0 Å². The van der Waals surface area contributed by atoms with Gasteiger partial charge in [-0.2, -0.15) is 0 Å². The number of likely N-dealkylation sites (tertiary alicyclic amines) is 1. The van der Waals surface area contributed by atoms with Crippen molar-refractivity contribution in [2.75, 3.05) is 39.9 Å². The zero-order valence-corrected chi connectivity index (χ0v) is 19.6.